The van der Waals surface area contributed by atoms with Gasteiger partial charge < -0.3 is 18.9 Å². The quantitative estimate of drug-likeness (QED) is 0.0628. The Hall–Kier alpha value is -3.21. The van der Waals surface area contributed by atoms with Gasteiger partial charge in [-0.15, -0.1) is 0 Å². The summed E-state index contributed by atoms with van der Waals surface area (Å²) in [5, 5.41) is 0. The average molecular weight is 609 g/mol. The van der Waals surface area contributed by atoms with E-state index in [0.29, 0.717) is 30.3 Å². The van der Waals surface area contributed by atoms with Crippen molar-refractivity contribution in [3.63, 3.8) is 0 Å². The summed E-state index contributed by atoms with van der Waals surface area (Å²) in [6.07, 6.45) is 32.5. The monoisotopic (exact) mass is 608 g/mol. The topological polar surface area (TPSA) is 54.0 Å². The third-order valence-corrected chi connectivity index (χ3v) is 7.22. The van der Waals surface area contributed by atoms with E-state index in [0.717, 1.165) is 50.5 Å². The Labute approximate surface area is 269 Å². The molecule has 1 rings (SSSR count). The van der Waals surface area contributed by atoms with E-state index < -0.39 is 0 Å². The summed E-state index contributed by atoms with van der Waals surface area (Å²) in [5.41, 5.74) is 3.50. The Morgan fingerprint density at radius 1 is 0.705 bits per heavy atom. The minimum absolute atomic E-state index is 0.150. The number of allylic oxidation sites excluding steroid dienone is 7. The number of unbranched alkanes of at least 4 members (excludes halogenated alkanes) is 8. The molecule has 0 aliphatic heterocycles. The molecule has 0 spiro atoms. The molecule has 0 saturated heterocycles. The van der Waals surface area contributed by atoms with E-state index in [-0.39, 0.29) is 12.6 Å². The molecular weight excluding hydrogens is 548 g/mol. The molecule has 0 N–H and O–H groups in total. The molecule has 0 atom stereocenters. The van der Waals surface area contributed by atoms with Gasteiger partial charge in [-0.05, 0) is 102 Å². The number of benzene rings is 1. The van der Waals surface area contributed by atoms with Crippen LogP contribution in [-0.2, 0) is 9.53 Å². The van der Waals surface area contributed by atoms with Crippen molar-refractivity contribution in [3.8, 4) is 17.2 Å². The normalized spacial score (nSPS) is 11.9. The maximum absolute atomic E-state index is 12.1. The second-order valence-corrected chi connectivity index (χ2v) is 11.5. The van der Waals surface area contributed by atoms with Crippen LogP contribution >= 0.6 is 0 Å². The highest BCUT2D eigenvalue weighted by Crippen LogP contribution is 2.39. The van der Waals surface area contributed by atoms with Crippen LogP contribution in [0.5, 0.6) is 17.2 Å². The molecule has 5 heteroatoms. The van der Waals surface area contributed by atoms with Crippen molar-refractivity contribution < 1.29 is 23.7 Å². The van der Waals surface area contributed by atoms with Gasteiger partial charge in [0, 0.05) is 6.42 Å². The molecule has 0 bridgehead atoms. The Bertz CT molecular complexity index is 1030. The van der Waals surface area contributed by atoms with Crippen molar-refractivity contribution in [1.82, 2.24) is 0 Å². The first kappa shape index (κ1) is 38.8. The van der Waals surface area contributed by atoms with Crippen LogP contribution in [0.3, 0.4) is 0 Å². The summed E-state index contributed by atoms with van der Waals surface area (Å²) in [6, 6.07) is 3.79. The van der Waals surface area contributed by atoms with Crippen LogP contribution in [0.1, 0.15) is 123 Å². The lowest BCUT2D eigenvalue weighted by Crippen LogP contribution is -2.04. The summed E-state index contributed by atoms with van der Waals surface area (Å²) in [7, 11) is 3.23. The maximum atomic E-state index is 12.1. The summed E-state index contributed by atoms with van der Waals surface area (Å²) in [4.78, 5) is 12.1. The fourth-order valence-electron chi connectivity index (χ4n) is 4.57. The van der Waals surface area contributed by atoms with E-state index >= 15 is 0 Å². The van der Waals surface area contributed by atoms with Gasteiger partial charge in [0.05, 0.1) is 14.2 Å². The first-order valence-corrected chi connectivity index (χ1v) is 16.7. The third kappa shape index (κ3) is 19.9. The van der Waals surface area contributed by atoms with Gasteiger partial charge in [0.1, 0.15) is 13.2 Å². The van der Waals surface area contributed by atoms with E-state index in [2.05, 4.69) is 64.2 Å². The van der Waals surface area contributed by atoms with Crippen LogP contribution in [0, 0.1) is 0 Å². The number of ether oxygens (including phenoxy) is 4. The van der Waals surface area contributed by atoms with Crippen molar-refractivity contribution in [1.29, 1.82) is 0 Å². The number of rotatable bonds is 25. The number of methoxy groups -OCH3 is 2. The SMILES string of the molecule is CCCCCC=CCC=CCCCCCCCC(=O)OCC=Cc1cc(OC)c(OCC=C(C)CCC=C(C)C)c(OC)c1. The molecule has 0 aliphatic rings. The van der Waals surface area contributed by atoms with Gasteiger partial charge in [-0.3, -0.25) is 4.79 Å². The van der Waals surface area contributed by atoms with E-state index in [1.807, 2.05) is 24.3 Å². The van der Waals surface area contributed by atoms with Crippen molar-refractivity contribution >= 4 is 12.0 Å². The molecule has 5 nitrogen and oxygen atoms in total. The molecule has 44 heavy (non-hydrogen) atoms. The van der Waals surface area contributed by atoms with Crippen LogP contribution in [0.15, 0.2) is 65.8 Å². The molecular formula is C39H60O5. The molecule has 1 aromatic rings. The van der Waals surface area contributed by atoms with Gasteiger partial charge in [0.2, 0.25) is 5.75 Å². The molecule has 0 heterocycles. The van der Waals surface area contributed by atoms with Crippen LogP contribution in [0.25, 0.3) is 6.08 Å². The molecule has 0 aliphatic carbocycles. The van der Waals surface area contributed by atoms with E-state index in [9.17, 15) is 4.79 Å². The molecule has 0 amide bonds. The van der Waals surface area contributed by atoms with Crippen molar-refractivity contribution in [3.05, 3.63) is 71.4 Å². The van der Waals surface area contributed by atoms with Gasteiger partial charge in [-0.2, -0.15) is 0 Å². The average Bonchev–Trinajstić information content (AvgIpc) is 3.01. The molecule has 0 radical (unpaired) electrons. The van der Waals surface area contributed by atoms with Gasteiger partial charge in [0.25, 0.3) is 0 Å². The predicted octanol–water partition coefficient (Wildman–Crippen LogP) is 11.1. The molecule has 0 unspecified atom stereocenters. The lowest BCUT2D eigenvalue weighted by molar-refractivity contribution is -0.142. The Balaban J connectivity index is 2.31. The zero-order valence-electron chi connectivity index (χ0n) is 28.6. The summed E-state index contributed by atoms with van der Waals surface area (Å²) in [6.45, 7) is 9.27. The van der Waals surface area contributed by atoms with Gasteiger partial charge in [-0.1, -0.05) is 86.6 Å². The predicted molar refractivity (Wildman–Crippen MR) is 187 cm³/mol. The van der Waals surface area contributed by atoms with Gasteiger partial charge in [0.15, 0.2) is 11.5 Å². The number of esters is 1. The highest BCUT2D eigenvalue weighted by molar-refractivity contribution is 5.69. The summed E-state index contributed by atoms with van der Waals surface area (Å²) < 4.78 is 22.6. The highest BCUT2D eigenvalue weighted by Gasteiger charge is 2.13. The zero-order chi connectivity index (χ0) is 32.3. The van der Waals surface area contributed by atoms with Crippen LogP contribution < -0.4 is 14.2 Å². The van der Waals surface area contributed by atoms with E-state index in [4.69, 9.17) is 18.9 Å². The second-order valence-electron chi connectivity index (χ2n) is 11.5. The van der Waals surface area contributed by atoms with Gasteiger partial charge in [-0.25, -0.2) is 0 Å². The Morgan fingerprint density at radius 2 is 1.34 bits per heavy atom. The number of hydrogen-bond donors (Lipinski definition) is 0. The highest BCUT2D eigenvalue weighted by atomic mass is 16.5. The fraction of sp³-hybridized carbons (Fsp3) is 0.564. The minimum atomic E-state index is -0.150. The smallest absolute Gasteiger partial charge is 0.306 e. The third-order valence-electron chi connectivity index (χ3n) is 7.22. The lowest BCUT2D eigenvalue weighted by Gasteiger charge is -2.15. The van der Waals surface area contributed by atoms with Crippen molar-refractivity contribution in [2.45, 2.75) is 118 Å². The number of carbonyl (C=O) groups is 1. The van der Waals surface area contributed by atoms with Crippen LogP contribution in [-0.4, -0.2) is 33.4 Å². The Kier molecular flexibility index (Phi) is 23.1. The van der Waals surface area contributed by atoms with Gasteiger partial charge >= 0.3 is 5.97 Å². The maximum Gasteiger partial charge on any atom is 0.306 e. The lowest BCUT2D eigenvalue weighted by atomic mass is 10.1. The summed E-state index contributed by atoms with van der Waals surface area (Å²) >= 11 is 0. The van der Waals surface area contributed by atoms with Crippen LogP contribution in [0.2, 0.25) is 0 Å². The van der Waals surface area contributed by atoms with Crippen molar-refractivity contribution in [2.24, 2.45) is 0 Å². The standard InChI is InChI=1S/C39H60O5/c1-7-8-9-10-11-12-13-14-15-16-17-18-19-20-21-27-38(40)43-29-23-26-35-31-36(41-5)39(37(32-35)42-6)44-30-28-34(4)25-22-24-33(2)3/h11-12,14-15,23-24,26,28,31-32H,7-10,13,16-22,25,27,29-30H2,1-6H3. The fourth-order valence-corrected chi connectivity index (χ4v) is 4.57. The number of carbonyl (C=O) groups excluding carboxylic acids is 1. The molecule has 0 saturated carbocycles. The summed E-state index contributed by atoms with van der Waals surface area (Å²) in [5.74, 6) is 1.61. The molecule has 0 aromatic heterocycles. The molecule has 0 fully saturated rings. The molecule has 246 valence electrons. The van der Waals surface area contributed by atoms with E-state index in [1.54, 1.807) is 14.2 Å². The second kappa shape index (κ2) is 26.2. The minimum Gasteiger partial charge on any atom is -0.493 e. The largest absolute Gasteiger partial charge is 0.493 e. The molecule has 1 aromatic carbocycles. The van der Waals surface area contributed by atoms with Crippen molar-refractivity contribution in [2.75, 3.05) is 27.4 Å². The zero-order valence-corrected chi connectivity index (χ0v) is 28.6. The first-order chi connectivity index (χ1) is 21.4. The van der Waals surface area contributed by atoms with E-state index in [1.165, 1.54) is 49.7 Å². The van der Waals surface area contributed by atoms with Crippen LogP contribution in [0.4, 0.5) is 0 Å². The Morgan fingerprint density at radius 3 is 1.98 bits per heavy atom. The number of hydrogen-bond acceptors (Lipinski definition) is 5. The first-order valence-electron chi connectivity index (χ1n) is 16.7.